The van der Waals surface area contributed by atoms with E-state index < -0.39 is 5.91 Å². The molecule has 0 spiro atoms. The summed E-state index contributed by atoms with van der Waals surface area (Å²) < 4.78 is 0. The molecule has 1 aromatic heterocycles. The van der Waals surface area contributed by atoms with Gasteiger partial charge in [-0.05, 0) is 31.9 Å². The topological polar surface area (TPSA) is 94.0 Å². The molecule has 5 heteroatoms. The van der Waals surface area contributed by atoms with E-state index in [1.54, 1.807) is 0 Å². The molecule has 0 aliphatic heterocycles. The molecule has 1 aromatic rings. The Balaban J connectivity index is 3.01. The fourth-order valence-electron chi connectivity index (χ4n) is 2.15. The molecule has 1 rings (SSSR count). The quantitative estimate of drug-likeness (QED) is 0.699. The van der Waals surface area contributed by atoms with Crippen LogP contribution in [0, 0.1) is 13.8 Å². The smallest absolute Gasteiger partial charge is 0.252 e. The van der Waals surface area contributed by atoms with Crippen LogP contribution in [0.15, 0.2) is 6.07 Å². The standard InChI is InChI=1S/C14H24N4O/c1-4-5-6-11(8-15)18-14-12(13(16)19)9(2)7-10(3)17-14/h7,11H,4-6,8,15H2,1-3H3,(H2,16,19)(H,17,18). The maximum Gasteiger partial charge on any atom is 0.252 e. The van der Waals surface area contributed by atoms with Gasteiger partial charge in [-0.15, -0.1) is 0 Å². The van der Waals surface area contributed by atoms with Gasteiger partial charge in [0.1, 0.15) is 5.82 Å². The Hall–Kier alpha value is -1.62. The number of primary amides is 1. The Bertz CT molecular complexity index is 445. The summed E-state index contributed by atoms with van der Waals surface area (Å²) in [5, 5.41) is 3.26. The van der Waals surface area contributed by atoms with E-state index in [4.69, 9.17) is 11.5 Å². The highest BCUT2D eigenvalue weighted by Crippen LogP contribution is 2.19. The first-order valence-electron chi connectivity index (χ1n) is 6.74. The van der Waals surface area contributed by atoms with Crippen LogP contribution in [-0.4, -0.2) is 23.5 Å². The number of nitrogens with two attached hydrogens (primary N) is 2. The van der Waals surface area contributed by atoms with Crippen LogP contribution in [0.25, 0.3) is 0 Å². The van der Waals surface area contributed by atoms with Gasteiger partial charge in [0.15, 0.2) is 0 Å². The number of pyridine rings is 1. The number of rotatable bonds is 7. The first-order chi connectivity index (χ1) is 8.99. The average molecular weight is 264 g/mol. The number of aromatic nitrogens is 1. The fourth-order valence-corrected chi connectivity index (χ4v) is 2.15. The van der Waals surface area contributed by atoms with Crippen molar-refractivity contribution in [3.05, 3.63) is 22.9 Å². The van der Waals surface area contributed by atoms with Crippen LogP contribution in [0.5, 0.6) is 0 Å². The maximum absolute atomic E-state index is 11.5. The number of nitrogens with zero attached hydrogens (tertiary/aromatic N) is 1. The zero-order valence-corrected chi connectivity index (χ0v) is 12.0. The summed E-state index contributed by atoms with van der Waals surface area (Å²) in [6.07, 6.45) is 3.16. The summed E-state index contributed by atoms with van der Waals surface area (Å²) in [6.45, 7) is 6.40. The molecule has 5 N–H and O–H groups in total. The van der Waals surface area contributed by atoms with Gasteiger partial charge in [0.25, 0.3) is 5.91 Å². The van der Waals surface area contributed by atoms with Crippen molar-refractivity contribution < 1.29 is 4.79 Å². The largest absolute Gasteiger partial charge is 0.365 e. The number of aryl methyl sites for hydroxylation is 2. The number of hydrogen-bond acceptors (Lipinski definition) is 4. The first kappa shape index (κ1) is 15.4. The second-order valence-corrected chi connectivity index (χ2v) is 4.89. The van der Waals surface area contributed by atoms with Crippen molar-refractivity contribution in [1.82, 2.24) is 4.98 Å². The van der Waals surface area contributed by atoms with E-state index in [1.165, 1.54) is 0 Å². The Morgan fingerprint density at radius 1 is 1.47 bits per heavy atom. The molecule has 0 aliphatic carbocycles. The monoisotopic (exact) mass is 264 g/mol. The van der Waals surface area contributed by atoms with Crippen molar-refractivity contribution in [2.75, 3.05) is 11.9 Å². The summed E-state index contributed by atoms with van der Waals surface area (Å²) in [5.41, 5.74) is 13.3. The van der Waals surface area contributed by atoms with Gasteiger partial charge in [0.05, 0.1) is 5.56 Å². The summed E-state index contributed by atoms with van der Waals surface area (Å²) >= 11 is 0. The molecule has 0 saturated carbocycles. The lowest BCUT2D eigenvalue weighted by atomic mass is 10.1. The third-order valence-corrected chi connectivity index (χ3v) is 3.12. The minimum atomic E-state index is -0.459. The van der Waals surface area contributed by atoms with Crippen LogP contribution in [0.4, 0.5) is 5.82 Å². The highest BCUT2D eigenvalue weighted by molar-refractivity contribution is 5.99. The van der Waals surface area contributed by atoms with Crippen LogP contribution >= 0.6 is 0 Å². The molecule has 0 fully saturated rings. The zero-order chi connectivity index (χ0) is 14.4. The Kier molecular flexibility index (Phi) is 5.76. The van der Waals surface area contributed by atoms with Crippen molar-refractivity contribution in [2.45, 2.75) is 46.1 Å². The lowest BCUT2D eigenvalue weighted by molar-refractivity contribution is 0.1000. The number of anilines is 1. The van der Waals surface area contributed by atoms with Crippen molar-refractivity contribution >= 4 is 11.7 Å². The van der Waals surface area contributed by atoms with Gasteiger partial charge < -0.3 is 16.8 Å². The lowest BCUT2D eigenvalue weighted by Gasteiger charge is -2.20. The van der Waals surface area contributed by atoms with Crippen LogP contribution in [-0.2, 0) is 0 Å². The Labute approximate surface area is 114 Å². The van der Waals surface area contributed by atoms with Crippen LogP contribution in [0.2, 0.25) is 0 Å². The number of hydrogen-bond donors (Lipinski definition) is 3. The third kappa shape index (κ3) is 4.21. The summed E-state index contributed by atoms with van der Waals surface area (Å²) in [7, 11) is 0. The van der Waals surface area contributed by atoms with Gasteiger partial charge in [-0.25, -0.2) is 4.98 Å². The van der Waals surface area contributed by atoms with Gasteiger partial charge in [-0.1, -0.05) is 19.8 Å². The predicted octanol–water partition coefficient (Wildman–Crippen LogP) is 1.73. The normalized spacial score (nSPS) is 12.2. The molecule has 1 heterocycles. The van der Waals surface area contributed by atoms with Gasteiger partial charge >= 0.3 is 0 Å². The Morgan fingerprint density at radius 2 is 2.16 bits per heavy atom. The molecule has 0 aromatic carbocycles. The van der Waals surface area contributed by atoms with E-state index in [2.05, 4.69) is 17.2 Å². The summed E-state index contributed by atoms with van der Waals surface area (Å²) in [4.78, 5) is 15.9. The number of amides is 1. The molecule has 0 bridgehead atoms. The SMILES string of the molecule is CCCCC(CN)Nc1nc(C)cc(C)c1C(N)=O. The molecule has 1 amide bonds. The Morgan fingerprint density at radius 3 is 2.68 bits per heavy atom. The zero-order valence-electron chi connectivity index (χ0n) is 12.0. The maximum atomic E-state index is 11.5. The molecule has 106 valence electrons. The van der Waals surface area contributed by atoms with E-state index in [0.29, 0.717) is 17.9 Å². The van der Waals surface area contributed by atoms with Crippen molar-refractivity contribution in [3.8, 4) is 0 Å². The summed E-state index contributed by atoms with van der Waals surface area (Å²) in [5.74, 6) is 0.0929. The van der Waals surface area contributed by atoms with E-state index in [1.807, 2.05) is 19.9 Å². The van der Waals surface area contributed by atoms with Gasteiger partial charge in [0, 0.05) is 18.3 Å². The van der Waals surface area contributed by atoms with E-state index in [-0.39, 0.29) is 6.04 Å². The van der Waals surface area contributed by atoms with E-state index in [0.717, 1.165) is 30.5 Å². The van der Waals surface area contributed by atoms with Crippen molar-refractivity contribution in [2.24, 2.45) is 11.5 Å². The molecule has 0 aliphatic rings. The number of carbonyl (C=O) groups is 1. The van der Waals surface area contributed by atoms with Gasteiger partial charge in [-0.2, -0.15) is 0 Å². The van der Waals surface area contributed by atoms with E-state index >= 15 is 0 Å². The molecule has 1 atom stereocenters. The fraction of sp³-hybridized carbons (Fsp3) is 0.571. The highest BCUT2D eigenvalue weighted by atomic mass is 16.1. The van der Waals surface area contributed by atoms with Crippen LogP contribution in [0.3, 0.4) is 0 Å². The second-order valence-electron chi connectivity index (χ2n) is 4.89. The molecule has 19 heavy (non-hydrogen) atoms. The van der Waals surface area contributed by atoms with Gasteiger partial charge in [0.2, 0.25) is 0 Å². The molecular formula is C14H24N4O. The van der Waals surface area contributed by atoms with Crippen molar-refractivity contribution in [3.63, 3.8) is 0 Å². The lowest BCUT2D eigenvalue weighted by Crippen LogP contribution is -2.31. The number of nitrogens with one attached hydrogen (secondary N) is 1. The predicted molar refractivity (Wildman–Crippen MR) is 78.2 cm³/mol. The molecule has 0 saturated heterocycles. The summed E-state index contributed by atoms with van der Waals surface area (Å²) in [6, 6.07) is 1.97. The molecule has 0 radical (unpaired) electrons. The van der Waals surface area contributed by atoms with Crippen molar-refractivity contribution in [1.29, 1.82) is 0 Å². The molecule has 1 unspecified atom stereocenters. The molecule has 5 nitrogen and oxygen atoms in total. The van der Waals surface area contributed by atoms with Gasteiger partial charge in [-0.3, -0.25) is 4.79 Å². The van der Waals surface area contributed by atoms with Crippen LogP contribution in [0.1, 0.15) is 47.8 Å². The first-order valence-corrected chi connectivity index (χ1v) is 6.74. The third-order valence-electron chi connectivity index (χ3n) is 3.12. The number of unbranched alkanes of at least 4 members (excludes halogenated alkanes) is 1. The van der Waals surface area contributed by atoms with Crippen LogP contribution < -0.4 is 16.8 Å². The second kappa shape index (κ2) is 7.09. The highest BCUT2D eigenvalue weighted by Gasteiger charge is 2.16. The van der Waals surface area contributed by atoms with E-state index in [9.17, 15) is 4.79 Å². The molecular weight excluding hydrogens is 240 g/mol. The average Bonchev–Trinajstić information content (AvgIpc) is 2.32. The number of carbonyl (C=O) groups excluding carboxylic acids is 1. The minimum absolute atomic E-state index is 0.117. The minimum Gasteiger partial charge on any atom is -0.365 e.